The number of hydrogen-bond acceptors (Lipinski definition) is 2. The second-order valence-electron chi connectivity index (χ2n) is 5.50. The number of nitrogens with one attached hydrogen (secondary N) is 2. The van der Waals surface area contributed by atoms with E-state index in [4.69, 9.17) is 4.74 Å². The molecule has 0 saturated carbocycles. The van der Waals surface area contributed by atoms with Crippen LogP contribution in [0.3, 0.4) is 0 Å². The molecule has 4 heteroatoms. The summed E-state index contributed by atoms with van der Waals surface area (Å²) >= 11 is 0. The average Bonchev–Trinajstić information content (AvgIpc) is 2.93. The lowest BCUT2D eigenvalue weighted by Gasteiger charge is -2.12. The molecule has 3 nitrogen and oxygen atoms in total. The Hall–Kier alpha value is -1.97. The van der Waals surface area contributed by atoms with E-state index in [0.29, 0.717) is 0 Å². The Balaban J connectivity index is 0.00000144. The zero-order chi connectivity index (χ0) is 14.2. The molecular formula is C18H19ClN2O. The van der Waals surface area contributed by atoms with Gasteiger partial charge in [-0.2, -0.15) is 0 Å². The maximum atomic E-state index is 5.22. The molecule has 114 valence electrons. The third-order valence-electron chi connectivity index (χ3n) is 4.27. The summed E-state index contributed by atoms with van der Waals surface area (Å²) in [5, 5.41) is 4.80. The van der Waals surface area contributed by atoms with Crippen LogP contribution in [0.15, 0.2) is 42.5 Å². The van der Waals surface area contributed by atoms with E-state index in [1.165, 1.54) is 33.3 Å². The van der Waals surface area contributed by atoms with Gasteiger partial charge in [0.15, 0.2) is 0 Å². The lowest BCUT2D eigenvalue weighted by Crippen LogP contribution is -2.22. The van der Waals surface area contributed by atoms with E-state index in [9.17, 15) is 0 Å². The van der Waals surface area contributed by atoms with E-state index in [-0.39, 0.29) is 12.4 Å². The summed E-state index contributed by atoms with van der Waals surface area (Å²) in [6.45, 7) is 2.02. The van der Waals surface area contributed by atoms with E-state index < -0.39 is 0 Å². The van der Waals surface area contributed by atoms with Crippen LogP contribution >= 0.6 is 12.4 Å². The van der Waals surface area contributed by atoms with Crippen LogP contribution < -0.4 is 10.1 Å². The number of rotatable bonds is 2. The average molecular weight is 315 g/mol. The molecule has 2 aromatic carbocycles. The number of H-pyrrole nitrogens is 1. The molecule has 3 aromatic rings. The first-order valence-corrected chi connectivity index (χ1v) is 7.34. The molecule has 0 unspecified atom stereocenters. The van der Waals surface area contributed by atoms with Gasteiger partial charge in [-0.25, -0.2) is 0 Å². The van der Waals surface area contributed by atoms with Gasteiger partial charge in [-0.05, 0) is 41.0 Å². The summed E-state index contributed by atoms with van der Waals surface area (Å²) in [6, 6.07) is 14.9. The molecule has 2 N–H and O–H groups in total. The highest BCUT2D eigenvalue weighted by molar-refractivity contribution is 5.89. The number of hydrogen-bond donors (Lipinski definition) is 2. The van der Waals surface area contributed by atoms with Crippen molar-refractivity contribution in [2.75, 3.05) is 13.7 Å². The summed E-state index contributed by atoms with van der Waals surface area (Å²) in [6.07, 6.45) is 1.09. The molecule has 0 bridgehead atoms. The fraction of sp³-hybridized carbons (Fsp3) is 0.222. The van der Waals surface area contributed by atoms with Gasteiger partial charge in [0.1, 0.15) is 5.75 Å². The molecule has 0 amide bonds. The standard InChI is InChI=1S/C18H18N2O.ClH/c1-21-14-5-2-12(3-6-14)13-4-7-17-15(10-13)16-11-19-9-8-18(16)20-17;/h2-7,10,19-20H,8-9,11H2,1H3;1H. The molecule has 1 aliphatic rings. The molecule has 1 aliphatic heterocycles. The molecule has 0 fully saturated rings. The number of aromatic nitrogens is 1. The van der Waals surface area contributed by atoms with E-state index in [0.717, 1.165) is 25.3 Å². The number of aromatic amines is 1. The van der Waals surface area contributed by atoms with Crippen LogP contribution in [0.5, 0.6) is 5.75 Å². The second-order valence-corrected chi connectivity index (χ2v) is 5.50. The van der Waals surface area contributed by atoms with Gasteiger partial charge in [-0.15, -0.1) is 12.4 Å². The fourth-order valence-electron chi connectivity index (χ4n) is 3.11. The minimum absolute atomic E-state index is 0. The van der Waals surface area contributed by atoms with Crippen LogP contribution in [0.25, 0.3) is 22.0 Å². The fourth-order valence-corrected chi connectivity index (χ4v) is 3.11. The normalized spacial score (nSPS) is 13.5. The Kier molecular flexibility index (Phi) is 4.10. The monoisotopic (exact) mass is 314 g/mol. The summed E-state index contributed by atoms with van der Waals surface area (Å²) in [5.74, 6) is 0.892. The summed E-state index contributed by atoms with van der Waals surface area (Å²) in [7, 11) is 1.69. The van der Waals surface area contributed by atoms with Gasteiger partial charge in [0.25, 0.3) is 0 Å². The first kappa shape index (κ1) is 14.9. The topological polar surface area (TPSA) is 37.0 Å². The Bertz CT molecular complexity index is 793. The van der Waals surface area contributed by atoms with Crippen LogP contribution in [0.4, 0.5) is 0 Å². The molecule has 0 atom stereocenters. The zero-order valence-corrected chi connectivity index (χ0v) is 13.3. The Labute approximate surface area is 136 Å². The molecule has 1 aromatic heterocycles. The predicted molar refractivity (Wildman–Crippen MR) is 92.9 cm³/mol. The van der Waals surface area contributed by atoms with Gasteiger partial charge in [0.05, 0.1) is 7.11 Å². The zero-order valence-electron chi connectivity index (χ0n) is 12.5. The number of halogens is 1. The van der Waals surface area contributed by atoms with Crippen molar-refractivity contribution in [1.29, 1.82) is 0 Å². The first-order valence-electron chi connectivity index (χ1n) is 7.34. The molecule has 0 spiro atoms. The van der Waals surface area contributed by atoms with Gasteiger partial charge in [-0.3, -0.25) is 0 Å². The van der Waals surface area contributed by atoms with E-state index in [1.807, 2.05) is 12.1 Å². The molecule has 0 radical (unpaired) electrons. The van der Waals surface area contributed by atoms with Gasteiger partial charge >= 0.3 is 0 Å². The molecule has 4 rings (SSSR count). The minimum Gasteiger partial charge on any atom is -0.497 e. The molecule has 0 aliphatic carbocycles. The molecular weight excluding hydrogens is 296 g/mol. The van der Waals surface area contributed by atoms with Crippen LogP contribution in [0.1, 0.15) is 11.3 Å². The highest BCUT2D eigenvalue weighted by atomic mass is 35.5. The van der Waals surface area contributed by atoms with Gasteiger partial charge < -0.3 is 15.0 Å². The molecule has 2 heterocycles. The van der Waals surface area contributed by atoms with Crippen LogP contribution in [-0.4, -0.2) is 18.6 Å². The minimum atomic E-state index is 0. The number of ether oxygens (including phenoxy) is 1. The van der Waals surface area contributed by atoms with Gasteiger partial charge in [-0.1, -0.05) is 18.2 Å². The SMILES string of the molecule is COc1ccc(-c2ccc3[nH]c4c(c3c2)CNCC4)cc1.Cl. The summed E-state index contributed by atoms with van der Waals surface area (Å²) < 4.78 is 5.22. The third-order valence-corrected chi connectivity index (χ3v) is 4.27. The Morgan fingerprint density at radius 2 is 1.77 bits per heavy atom. The van der Waals surface area contributed by atoms with Crippen LogP contribution in [0, 0.1) is 0 Å². The lowest BCUT2D eigenvalue weighted by atomic mass is 10.0. The van der Waals surface area contributed by atoms with Crippen molar-refractivity contribution in [2.24, 2.45) is 0 Å². The maximum absolute atomic E-state index is 5.22. The lowest BCUT2D eigenvalue weighted by molar-refractivity contribution is 0.415. The van der Waals surface area contributed by atoms with Crippen molar-refractivity contribution in [2.45, 2.75) is 13.0 Å². The van der Waals surface area contributed by atoms with Gasteiger partial charge in [0.2, 0.25) is 0 Å². The Morgan fingerprint density at radius 1 is 1.00 bits per heavy atom. The first-order chi connectivity index (χ1) is 10.3. The molecule has 22 heavy (non-hydrogen) atoms. The van der Waals surface area contributed by atoms with Crippen LogP contribution in [-0.2, 0) is 13.0 Å². The van der Waals surface area contributed by atoms with Gasteiger partial charge in [0, 0.05) is 36.1 Å². The van der Waals surface area contributed by atoms with Crippen molar-refractivity contribution in [3.05, 3.63) is 53.7 Å². The third kappa shape index (κ3) is 2.47. The number of benzene rings is 2. The van der Waals surface area contributed by atoms with Crippen LogP contribution in [0.2, 0.25) is 0 Å². The summed E-state index contributed by atoms with van der Waals surface area (Å²) in [5.41, 5.74) is 6.51. The van der Waals surface area contributed by atoms with Crippen molar-refractivity contribution in [3.8, 4) is 16.9 Å². The quantitative estimate of drug-likeness (QED) is 0.752. The number of fused-ring (bicyclic) bond motifs is 3. The largest absolute Gasteiger partial charge is 0.497 e. The second kappa shape index (κ2) is 6.03. The highest BCUT2D eigenvalue weighted by Crippen LogP contribution is 2.30. The maximum Gasteiger partial charge on any atom is 0.118 e. The van der Waals surface area contributed by atoms with Crippen molar-refractivity contribution >= 4 is 23.3 Å². The predicted octanol–water partition coefficient (Wildman–Crippen LogP) is 3.91. The summed E-state index contributed by atoms with van der Waals surface area (Å²) in [4.78, 5) is 3.55. The molecule has 0 saturated heterocycles. The van der Waals surface area contributed by atoms with E-state index in [2.05, 4.69) is 40.6 Å². The van der Waals surface area contributed by atoms with E-state index >= 15 is 0 Å². The number of methoxy groups -OCH3 is 1. The van der Waals surface area contributed by atoms with Crippen molar-refractivity contribution in [3.63, 3.8) is 0 Å². The van der Waals surface area contributed by atoms with E-state index in [1.54, 1.807) is 7.11 Å². The van der Waals surface area contributed by atoms with Crippen molar-refractivity contribution < 1.29 is 4.74 Å². The smallest absolute Gasteiger partial charge is 0.118 e. The Morgan fingerprint density at radius 3 is 2.55 bits per heavy atom. The highest BCUT2D eigenvalue weighted by Gasteiger charge is 2.15. The van der Waals surface area contributed by atoms with Crippen molar-refractivity contribution in [1.82, 2.24) is 10.3 Å².